The van der Waals surface area contributed by atoms with E-state index in [1.807, 2.05) is 37.3 Å². The summed E-state index contributed by atoms with van der Waals surface area (Å²) in [6, 6.07) is 9.44. The maximum Gasteiger partial charge on any atom is 0.330 e. The summed E-state index contributed by atoms with van der Waals surface area (Å²) in [5, 5.41) is 29.1. The minimum Gasteiger partial charge on any atom is -0.394 e. The lowest BCUT2D eigenvalue weighted by Crippen LogP contribution is -2.39. The summed E-state index contributed by atoms with van der Waals surface area (Å²) in [6.07, 6.45) is -4.08. The second-order valence-corrected chi connectivity index (χ2v) is 6.41. The Hall–Kier alpha value is -2.30. The lowest BCUT2D eigenvalue weighted by Gasteiger charge is -2.18. The summed E-state index contributed by atoms with van der Waals surface area (Å²) in [5.74, 6) is 0. The third-order valence-electron chi connectivity index (χ3n) is 4.59. The van der Waals surface area contributed by atoms with Crippen LogP contribution >= 0.6 is 0 Å². The molecule has 4 N–H and O–H groups in total. The number of benzene rings is 1. The van der Waals surface area contributed by atoms with Gasteiger partial charge in [-0.1, -0.05) is 30.3 Å². The van der Waals surface area contributed by atoms with Crippen molar-refractivity contribution in [3.05, 3.63) is 68.5 Å². The molecule has 1 aliphatic rings. The molecular formula is C18H22N2O7. The molecule has 3 rings (SSSR count). The first-order valence-corrected chi connectivity index (χ1v) is 8.55. The number of aromatic nitrogens is 2. The van der Waals surface area contributed by atoms with Gasteiger partial charge >= 0.3 is 5.69 Å². The molecule has 5 atom stereocenters. The fraction of sp³-hybridized carbons (Fsp3) is 0.444. The maximum absolute atomic E-state index is 12.1. The molecule has 0 bridgehead atoms. The number of aliphatic hydroxyl groups is 3. The van der Waals surface area contributed by atoms with Crippen LogP contribution in [-0.2, 0) is 16.1 Å². The van der Waals surface area contributed by atoms with Gasteiger partial charge in [0.25, 0.3) is 5.56 Å². The molecule has 27 heavy (non-hydrogen) atoms. The minimum atomic E-state index is -1.43. The van der Waals surface area contributed by atoms with Crippen LogP contribution < -0.4 is 11.2 Å². The molecule has 1 aromatic heterocycles. The smallest absolute Gasteiger partial charge is 0.330 e. The highest BCUT2D eigenvalue weighted by molar-refractivity contribution is 5.17. The van der Waals surface area contributed by atoms with Crippen molar-refractivity contribution in [3.8, 4) is 0 Å². The summed E-state index contributed by atoms with van der Waals surface area (Å²) < 4.78 is 12.0. The van der Waals surface area contributed by atoms with Crippen LogP contribution in [0.3, 0.4) is 0 Å². The molecule has 1 aliphatic heterocycles. The first-order valence-electron chi connectivity index (χ1n) is 8.55. The summed E-state index contributed by atoms with van der Waals surface area (Å²) in [5.41, 5.74) is -0.307. The van der Waals surface area contributed by atoms with E-state index in [0.717, 1.165) is 10.1 Å². The van der Waals surface area contributed by atoms with Gasteiger partial charge in [-0.25, -0.2) is 4.79 Å². The molecule has 1 unspecified atom stereocenters. The van der Waals surface area contributed by atoms with Crippen LogP contribution in [0.5, 0.6) is 0 Å². The fourth-order valence-corrected chi connectivity index (χ4v) is 2.96. The highest BCUT2D eigenvalue weighted by Gasteiger charge is 2.43. The Kier molecular flexibility index (Phi) is 5.88. The van der Waals surface area contributed by atoms with E-state index in [0.29, 0.717) is 0 Å². The van der Waals surface area contributed by atoms with Crippen LogP contribution in [0.25, 0.3) is 0 Å². The Balaban J connectivity index is 1.80. The Morgan fingerprint density at radius 1 is 1.22 bits per heavy atom. The van der Waals surface area contributed by atoms with E-state index in [1.54, 1.807) is 0 Å². The summed E-state index contributed by atoms with van der Waals surface area (Å²) in [6.45, 7) is 1.25. The third kappa shape index (κ3) is 4.02. The Labute approximate surface area is 154 Å². The Morgan fingerprint density at radius 2 is 1.93 bits per heavy atom. The zero-order chi connectivity index (χ0) is 19.6. The number of hydrogen-bond acceptors (Lipinski definition) is 7. The minimum absolute atomic E-state index is 0.0690. The van der Waals surface area contributed by atoms with E-state index in [4.69, 9.17) is 9.47 Å². The van der Waals surface area contributed by atoms with Crippen molar-refractivity contribution in [1.29, 1.82) is 0 Å². The molecular weight excluding hydrogens is 356 g/mol. The molecule has 0 amide bonds. The normalized spacial score (nSPS) is 26.2. The van der Waals surface area contributed by atoms with Crippen LogP contribution in [0.1, 0.15) is 30.4 Å². The van der Waals surface area contributed by atoms with Crippen molar-refractivity contribution in [1.82, 2.24) is 9.55 Å². The first kappa shape index (κ1) is 19.5. The third-order valence-corrected chi connectivity index (χ3v) is 4.59. The predicted molar refractivity (Wildman–Crippen MR) is 94.0 cm³/mol. The monoisotopic (exact) mass is 378 g/mol. The fourth-order valence-electron chi connectivity index (χ4n) is 2.96. The van der Waals surface area contributed by atoms with Crippen molar-refractivity contribution in [2.75, 3.05) is 6.61 Å². The summed E-state index contributed by atoms with van der Waals surface area (Å²) in [4.78, 5) is 26.4. The Bertz CT molecular complexity index is 879. The van der Waals surface area contributed by atoms with Crippen LogP contribution in [0.15, 0.2) is 46.1 Å². The SMILES string of the molecule is CC(OCc1cn([C@H]2O[C@H](CO)[C@@H](O)[C@H]2O)c(=O)[nH]c1=O)c1ccccc1. The molecule has 2 aromatic rings. The van der Waals surface area contributed by atoms with E-state index >= 15 is 0 Å². The number of hydrogen-bond donors (Lipinski definition) is 4. The zero-order valence-electron chi connectivity index (χ0n) is 14.7. The number of nitrogens with one attached hydrogen (secondary N) is 1. The van der Waals surface area contributed by atoms with Crippen molar-refractivity contribution in [2.45, 2.75) is 44.2 Å². The van der Waals surface area contributed by atoms with Gasteiger partial charge in [0.05, 0.1) is 24.9 Å². The highest BCUT2D eigenvalue weighted by Crippen LogP contribution is 2.28. The average Bonchev–Trinajstić information content (AvgIpc) is 2.96. The van der Waals surface area contributed by atoms with E-state index < -0.39 is 42.4 Å². The molecule has 2 heterocycles. The topological polar surface area (TPSA) is 134 Å². The van der Waals surface area contributed by atoms with Crippen LogP contribution in [0, 0.1) is 0 Å². The molecule has 9 heteroatoms. The molecule has 0 spiro atoms. The molecule has 1 aromatic carbocycles. The summed E-state index contributed by atoms with van der Waals surface area (Å²) in [7, 11) is 0. The number of aromatic amines is 1. The van der Waals surface area contributed by atoms with E-state index in [2.05, 4.69) is 4.98 Å². The number of rotatable bonds is 6. The van der Waals surface area contributed by atoms with Crippen LogP contribution in [-0.4, -0.2) is 49.8 Å². The van der Waals surface area contributed by atoms with E-state index in [-0.39, 0.29) is 18.3 Å². The Morgan fingerprint density at radius 3 is 2.56 bits per heavy atom. The number of ether oxygens (including phenoxy) is 2. The van der Waals surface area contributed by atoms with Gasteiger partial charge in [-0.15, -0.1) is 0 Å². The number of aliphatic hydroxyl groups excluding tert-OH is 3. The van der Waals surface area contributed by atoms with Crippen molar-refractivity contribution in [3.63, 3.8) is 0 Å². The molecule has 0 aliphatic carbocycles. The van der Waals surface area contributed by atoms with Gasteiger partial charge in [0, 0.05) is 6.20 Å². The lowest BCUT2D eigenvalue weighted by molar-refractivity contribution is -0.0554. The predicted octanol–water partition coefficient (Wildman–Crippen LogP) is -0.574. The highest BCUT2D eigenvalue weighted by atomic mass is 16.6. The van der Waals surface area contributed by atoms with Gasteiger partial charge in [-0.05, 0) is 12.5 Å². The second kappa shape index (κ2) is 8.15. The van der Waals surface area contributed by atoms with Gasteiger partial charge < -0.3 is 24.8 Å². The van der Waals surface area contributed by atoms with Crippen molar-refractivity contribution in [2.24, 2.45) is 0 Å². The van der Waals surface area contributed by atoms with Crippen LogP contribution in [0.2, 0.25) is 0 Å². The quantitative estimate of drug-likeness (QED) is 0.529. The van der Waals surface area contributed by atoms with Crippen LogP contribution in [0.4, 0.5) is 0 Å². The van der Waals surface area contributed by atoms with Gasteiger partial charge in [-0.3, -0.25) is 14.3 Å². The molecule has 9 nitrogen and oxygen atoms in total. The number of H-pyrrole nitrogens is 1. The van der Waals surface area contributed by atoms with Crippen molar-refractivity contribution < 1.29 is 24.8 Å². The van der Waals surface area contributed by atoms with Gasteiger partial charge in [0.15, 0.2) is 6.23 Å². The molecule has 0 radical (unpaired) electrons. The van der Waals surface area contributed by atoms with Gasteiger partial charge in [0.1, 0.15) is 18.3 Å². The van der Waals surface area contributed by atoms with Gasteiger partial charge in [0.2, 0.25) is 0 Å². The molecule has 146 valence electrons. The molecule has 1 saturated heterocycles. The zero-order valence-corrected chi connectivity index (χ0v) is 14.7. The maximum atomic E-state index is 12.1. The van der Waals surface area contributed by atoms with Crippen molar-refractivity contribution >= 4 is 0 Å². The first-order chi connectivity index (χ1) is 12.9. The van der Waals surface area contributed by atoms with E-state index in [9.17, 15) is 24.9 Å². The lowest BCUT2D eigenvalue weighted by atomic mass is 10.1. The number of nitrogens with zero attached hydrogens (tertiary/aromatic N) is 1. The summed E-state index contributed by atoms with van der Waals surface area (Å²) >= 11 is 0. The van der Waals surface area contributed by atoms with E-state index in [1.165, 1.54) is 6.20 Å². The second-order valence-electron chi connectivity index (χ2n) is 6.41. The average molecular weight is 378 g/mol. The molecule has 1 fully saturated rings. The van der Waals surface area contributed by atoms with Gasteiger partial charge in [-0.2, -0.15) is 0 Å². The standard InChI is InChI=1S/C18H22N2O7/c1-10(11-5-3-2-4-6-11)26-9-12-7-20(18(25)19-16(12)24)17-15(23)14(22)13(8-21)27-17/h2-7,10,13-15,17,21-23H,8-9H2,1H3,(H,19,24,25)/t10?,13-,14-,15-,17+/m1/s1. The largest absolute Gasteiger partial charge is 0.394 e. The molecule has 0 saturated carbocycles.